The summed E-state index contributed by atoms with van der Waals surface area (Å²) in [5.74, 6) is 1.24. The Morgan fingerprint density at radius 3 is 2.30 bits per heavy atom. The van der Waals surface area contributed by atoms with Crippen LogP contribution in [0.25, 0.3) is 0 Å². The van der Waals surface area contributed by atoms with Gasteiger partial charge in [-0.15, -0.1) is 0 Å². The molecule has 0 radical (unpaired) electrons. The van der Waals surface area contributed by atoms with E-state index in [2.05, 4.69) is 42.1 Å². The predicted octanol–water partition coefficient (Wildman–Crippen LogP) is 4.16. The Kier molecular flexibility index (Phi) is 7.17. The second-order valence-electron chi connectivity index (χ2n) is 10.3. The number of piperidine rings is 2. The molecule has 2 heterocycles. The lowest BCUT2D eigenvalue weighted by Crippen LogP contribution is -2.41. The van der Waals surface area contributed by atoms with Gasteiger partial charge in [0.15, 0.2) is 0 Å². The molecule has 0 saturated carbocycles. The van der Waals surface area contributed by atoms with Gasteiger partial charge in [0.25, 0.3) is 0 Å². The molecule has 2 aliphatic rings. The summed E-state index contributed by atoms with van der Waals surface area (Å²) in [6.07, 6.45) is 4.17. The van der Waals surface area contributed by atoms with Gasteiger partial charge in [0, 0.05) is 32.7 Å². The lowest BCUT2D eigenvalue weighted by molar-refractivity contribution is 0.0205. The largest absolute Gasteiger partial charge is 0.444 e. The Balaban J connectivity index is 1.59. The number of benzene rings is 1. The van der Waals surface area contributed by atoms with Crippen molar-refractivity contribution >= 4 is 17.5 Å². The number of nitrogen functional groups attached to an aromatic ring is 1. The standard InChI is InChI=1S/C24H40N4O2/c1-24(2,3)30-23(29)28-14-10-19(11-15-28)20-6-7-21(25)22(16-20)27-12-8-18(9-13-27)17-26(4)5/h6-7,16,18-19H,8-15,17,25H2,1-5H3. The Labute approximate surface area is 182 Å². The van der Waals surface area contributed by atoms with Crippen molar-refractivity contribution in [2.75, 3.05) is 57.5 Å². The number of ether oxygens (including phenoxy) is 1. The number of anilines is 2. The molecule has 0 spiro atoms. The van der Waals surface area contributed by atoms with Gasteiger partial charge in [0.2, 0.25) is 0 Å². The Morgan fingerprint density at radius 1 is 1.10 bits per heavy atom. The van der Waals surface area contributed by atoms with Crippen LogP contribution in [0.15, 0.2) is 18.2 Å². The molecule has 1 amide bonds. The zero-order valence-corrected chi connectivity index (χ0v) is 19.5. The van der Waals surface area contributed by atoms with Crippen LogP contribution in [0.5, 0.6) is 0 Å². The van der Waals surface area contributed by atoms with Crippen LogP contribution >= 0.6 is 0 Å². The van der Waals surface area contributed by atoms with Gasteiger partial charge in [-0.2, -0.15) is 0 Å². The third kappa shape index (κ3) is 6.03. The monoisotopic (exact) mass is 416 g/mol. The Hall–Kier alpha value is -1.95. The summed E-state index contributed by atoms with van der Waals surface area (Å²) in [5.41, 5.74) is 9.32. The van der Waals surface area contributed by atoms with Crippen LogP contribution in [0.4, 0.5) is 16.2 Å². The van der Waals surface area contributed by atoms with Crippen LogP contribution in [0.3, 0.4) is 0 Å². The fourth-order valence-corrected chi connectivity index (χ4v) is 4.68. The molecule has 3 rings (SSSR count). The Morgan fingerprint density at radius 2 is 1.73 bits per heavy atom. The van der Waals surface area contributed by atoms with Gasteiger partial charge in [-0.1, -0.05) is 6.07 Å². The van der Waals surface area contributed by atoms with Crippen LogP contribution in [0, 0.1) is 5.92 Å². The first-order valence-corrected chi connectivity index (χ1v) is 11.4. The zero-order valence-electron chi connectivity index (χ0n) is 19.5. The van der Waals surface area contributed by atoms with Crippen LogP contribution < -0.4 is 10.6 Å². The van der Waals surface area contributed by atoms with E-state index in [1.54, 1.807) is 0 Å². The van der Waals surface area contributed by atoms with Crippen molar-refractivity contribution in [2.45, 2.75) is 58.0 Å². The number of hydrogen-bond acceptors (Lipinski definition) is 5. The molecule has 0 bridgehead atoms. The lowest BCUT2D eigenvalue weighted by atomic mass is 9.88. The minimum atomic E-state index is -0.445. The highest BCUT2D eigenvalue weighted by molar-refractivity contribution is 5.70. The maximum Gasteiger partial charge on any atom is 0.410 e. The molecule has 1 aromatic carbocycles. The number of rotatable bonds is 4. The third-order valence-electron chi connectivity index (χ3n) is 6.25. The summed E-state index contributed by atoms with van der Waals surface area (Å²) in [6, 6.07) is 6.54. The maximum atomic E-state index is 12.3. The van der Waals surface area contributed by atoms with Crippen LogP contribution in [0.1, 0.15) is 57.9 Å². The van der Waals surface area contributed by atoms with E-state index in [-0.39, 0.29) is 6.09 Å². The normalized spacial score (nSPS) is 19.4. The third-order valence-corrected chi connectivity index (χ3v) is 6.25. The first-order chi connectivity index (χ1) is 14.1. The SMILES string of the molecule is CN(C)CC1CCN(c2cc(C3CCN(C(=O)OC(C)(C)C)CC3)ccc2N)CC1. The molecular weight excluding hydrogens is 376 g/mol. The second kappa shape index (κ2) is 9.46. The van der Waals surface area contributed by atoms with Gasteiger partial charge in [0.1, 0.15) is 5.60 Å². The van der Waals surface area contributed by atoms with Crippen LogP contribution in [-0.4, -0.2) is 68.3 Å². The fraction of sp³-hybridized carbons (Fsp3) is 0.708. The minimum Gasteiger partial charge on any atom is -0.444 e. The number of amides is 1. The molecule has 0 unspecified atom stereocenters. The van der Waals surface area contributed by atoms with Gasteiger partial charge < -0.3 is 25.2 Å². The van der Waals surface area contributed by atoms with Crippen molar-refractivity contribution in [3.8, 4) is 0 Å². The van der Waals surface area contributed by atoms with E-state index >= 15 is 0 Å². The second-order valence-corrected chi connectivity index (χ2v) is 10.3. The first kappa shape index (κ1) is 22.7. The average molecular weight is 417 g/mol. The number of hydrogen-bond donors (Lipinski definition) is 1. The molecule has 30 heavy (non-hydrogen) atoms. The molecular formula is C24H40N4O2. The molecule has 2 fully saturated rings. The first-order valence-electron chi connectivity index (χ1n) is 11.4. The zero-order chi connectivity index (χ0) is 21.9. The summed E-state index contributed by atoms with van der Waals surface area (Å²) in [5, 5.41) is 0. The number of carbonyl (C=O) groups excluding carboxylic acids is 1. The van der Waals surface area contributed by atoms with Crippen molar-refractivity contribution in [1.29, 1.82) is 0 Å². The van der Waals surface area contributed by atoms with Crippen LogP contribution in [-0.2, 0) is 4.74 Å². The summed E-state index contributed by atoms with van der Waals surface area (Å²) in [7, 11) is 4.31. The van der Waals surface area contributed by atoms with E-state index in [1.165, 1.54) is 30.6 Å². The lowest BCUT2D eigenvalue weighted by Gasteiger charge is -2.36. The highest BCUT2D eigenvalue weighted by atomic mass is 16.6. The maximum absolute atomic E-state index is 12.3. The summed E-state index contributed by atoms with van der Waals surface area (Å²) >= 11 is 0. The van der Waals surface area contributed by atoms with Crippen molar-refractivity contribution in [1.82, 2.24) is 9.80 Å². The van der Waals surface area contributed by atoms with E-state index in [9.17, 15) is 4.79 Å². The number of nitrogens with two attached hydrogens (primary N) is 1. The topological polar surface area (TPSA) is 62.0 Å². The van der Waals surface area contributed by atoms with Gasteiger partial charge >= 0.3 is 6.09 Å². The van der Waals surface area contributed by atoms with E-state index in [0.717, 1.165) is 50.6 Å². The summed E-state index contributed by atoms with van der Waals surface area (Å²) < 4.78 is 5.53. The van der Waals surface area contributed by atoms with Gasteiger partial charge in [-0.3, -0.25) is 0 Å². The molecule has 2 aliphatic heterocycles. The van der Waals surface area contributed by atoms with Gasteiger partial charge in [0.05, 0.1) is 11.4 Å². The van der Waals surface area contributed by atoms with Gasteiger partial charge in [-0.05, 0) is 90.1 Å². The molecule has 168 valence electrons. The minimum absolute atomic E-state index is 0.195. The molecule has 2 N–H and O–H groups in total. The van der Waals surface area contributed by atoms with Crippen molar-refractivity contribution in [3.63, 3.8) is 0 Å². The Bertz CT molecular complexity index is 712. The quantitative estimate of drug-likeness (QED) is 0.747. The van der Waals surface area contributed by atoms with E-state index in [1.807, 2.05) is 25.7 Å². The number of likely N-dealkylation sites (tertiary alicyclic amines) is 1. The van der Waals surface area contributed by atoms with Crippen molar-refractivity contribution in [2.24, 2.45) is 5.92 Å². The van der Waals surface area contributed by atoms with E-state index < -0.39 is 5.60 Å². The highest BCUT2D eigenvalue weighted by Gasteiger charge is 2.28. The molecule has 1 aromatic rings. The van der Waals surface area contributed by atoms with Gasteiger partial charge in [-0.25, -0.2) is 4.79 Å². The summed E-state index contributed by atoms with van der Waals surface area (Å²) in [6.45, 7) is 10.5. The highest BCUT2D eigenvalue weighted by Crippen LogP contribution is 2.35. The molecule has 0 atom stereocenters. The summed E-state index contributed by atoms with van der Waals surface area (Å²) in [4.78, 5) is 18.9. The number of carbonyl (C=O) groups is 1. The van der Waals surface area contributed by atoms with E-state index in [4.69, 9.17) is 10.5 Å². The molecule has 6 nitrogen and oxygen atoms in total. The number of nitrogens with zero attached hydrogens (tertiary/aromatic N) is 3. The smallest absolute Gasteiger partial charge is 0.410 e. The van der Waals surface area contributed by atoms with E-state index in [0.29, 0.717) is 5.92 Å². The van der Waals surface area contributed by atoms with Crippen molar-refractivity contribution < 1.29 is 9.53 Å². The predicted molar refractivity (Wildman–Crippen MR) is 124 cm³/mol. The molecule has 0 aliphatic carbocycles. The fourth-order valence-electron chi connectivity index (χ4n) is 4.68. The molecule has 0 aromatic heterocycles. The molecule has 6 heteroatoms. The average Bonchev–Trinajstić information content (AvgIpc) is 2.67. The van der Waals surface area contributed by atoms with Crippen LogP contribution in [0.2, 0.25) is 0 Å². The molecule has 2 saturated heterocycles. The van der Waals surface area contributed by atoms with Crippen molar-refractivity contribution in [3.05, 3.63) is 23.8 Å².